The molecule has 2 atom stereocenters. The molecule has 0 saturated carbocycles. The molecule has 0 spiro atoms. The van der Waals surface area contributed by atoms with E-state index < -0.39 is 5.60 Å². The van der Waals surface area contributed by atoms with Crippen LogP contribution < -0.4 is 10.6 Å². The minimum atomic E-state index is -0.640. The zero-order valence-electron chi connectivity index (χ0n) is 14.4. The van der Waals surface area contributed by atoms with Gasteiger partial charge >= 0.3 is 0 Å². The van der Waals surface area contributed by atoms with Gasteiger partial charge in [0, 0.05) is 12.3 Å². The second-order valence-corrected chi connectivity index (χ2v) is 7.29. The lowest BCUT2D eigenvalue weighted by atomic mass is 10.0. The van der Waals surface area contributed by atoms with Gasteiger partial charge in [0.25, 0.3) is 0 Å². The number of thioether (sulfide) groups is 1. The highest BCUT2D eigenvalue weighted by atomic mass is 32.2. The van der Waals surface area contributed by atoms with Crippen LogP contribution in [0.2, 0.25) is 0 Å². The second kappa shape index (κ2) is 8.60. The molecule has 0 radical (unpaired) electrons. The molecule has 4 nitrogen and oxygen atoms in total. The molecule has 1 saturated heterocycles. The fourth-order valence-electron chi connectivity index (χ4n) is 2.60. The Morgan fingerprint density at radius 3 is 2.65 bits per heavy atom. The molecule has 23 heavy (non-hydrogen) atoms. The second-order valence-electron chi connectivity index (χ2n) is 6.18. The quantitative estimate of drug-likeness (QED) is 0.553. The van der Waals surface area contributed by atoms with Crippen LogP contribution in [0.1, 0.15) is 44.4 Å². The lowest BCUT2D eigenvalue weighted by Gasteiger charge is -2.22. The van der Waals surface area contributed by atoms with E-state index in [-0.39, 0.29) is 6.04 Å². The summed E-state index contributed by atoms with van der Waals surface area (Å²) in [6.07, 6.45) is 1.89. The zero-order chi connectivity index (χ0) is 16.7. The van der Waals surface area contributed by atoms with E-state index in [4.69, 9.17) is 0 Å². The number of guanidine groups is 1. The van der Waals surface area contributed by atoms with Gasteiger partial charge in [0.1, 0.15) is 0 Å². The van der Waals surface area contributed by atoms with Gasteiger partial charge in [-0.2, -0.15) is 11.8 Å². The highest BCUT2D eigenvalue weighted by Gasteiger charge is 2.31. The maximum Gasteiger partial charge on any atom is 0.191 e. The minimum Gasteiger partial charge on any atom is -0.387 e. The van der Waals surface area contributed by atoms with Crippen molar-refractivity contribution in [2.45, 2.75) is 45.3 Å². The lowest BCUT2D eigenvalue weighted by Crippen LogP contribution is -2.41. The van der Waals surface area contributed by atoms with Crippen LogP contribution in [0.3, 0.4) is 0 Å². The molecule has 0 amide bonds. The SMILES string of the molecule is CCNC(=NCC1(O)CCSC1)NC(C)c1ccc(CC)cc1. The van der Waals surface area contributed by atoms with Crippen molar-refractivity contribution in [1.82, 2.24) is 10.6 Å². The first-order valence-corrected chi connectivity index (χ1v) is 9.65. The van der Waals surface area contributed by atoms with E-state index in [0.29, 0.717) is 6.54 Å². The summed E-state index contributed by atoms with van der Waals surface area (Å²) in [5.74, 6) is 2.57. The van der Waals surface area contributed by atoms with Crippen molar-refractivity contribution >= 4 is 17.7 Å². The summed E-state index contributed by atoms with van der Waals surface area (Å²) in [6, 6.07) is 8.86. The number of aliphatic imine (C=N–C) groups is 1. The fraction of sp³-hybridized carbons (Fsp3) is 0.611. The number of aryl methyl sites for hydroxylation is 1. The average molecular weight is 336 g/mol. The van der Waals surface area contributed by atoms with Crippen molar-refractivity contribution in [3.8, 4) is 0 Å². The zero-order valence-corrected chi connectivity index (χ0v) is 15.2. The van der Waals surface area contributed by atoms with Gasteiger partial charge in [0.2, 0.25) is 0 Å². The molecule has 2 unspecified atom stereocenters. The molecule has 5 heteroatoms. The lowest BCUT2D eigenvalue weighted by molar-refractivity contribution is 0.0778. The number of rotatable bonds is 6. The third kappa shape index (κ3) is 5.43. The van der Waals surface area contributed by atoms with Crippen LogP contribution in [0.25, 0.3) is 0 Å². The normalized spacial score (nSPS) is 22.9. The van der Waals surface area contributed by atoms with E-state index in [1.807, 2.05) is 0 Å². The van der Waals surface area contributed by atoms with Gasteiger partial charge in [-0.05, 0) is 43.6 Å². The molecule has 0 bridgehead atoms. The highest BCUT2D eigenvalue weighted by Crippen LogP contribution is 2.27. The molecular formula is C18H29N3OS. The van der Waals surface area contributed by atoms with Crippen LogP contribution in [-0.4, -0.2) is 41.3 Å². The first kappa shape index (κ1) is 18.1. The van der Waals surface area contributed by atoms with Crippen LogP contribution in [-0.2, 0) is 6.42 Å². The van der Waals surface area contributed by atoms with E-state index in [9.17, 15) is 5.11 Å². The van der Waals surface area contributed by atoms with Crippen molar-refractivity contribution in [3.63, 3.8) is 0 Å². The number of nitrogens with one attached hydrogen (secondary N) is 2. The Hall–Kier alpha value is -1.20. The van der Waals surface area contributed by atoms with E-state index in [1.54, 1.807) is 11.8 Å². The molecule has 0 aromatic heterocycles. The number of benzene rings is 1. The maximum absolute atomic E-state index is 10.4. The Balaban J connectivity index is 1.99. The number of aliphatic hydroxyl groups is 1. The first-order valence-electron chi connectivity index (χ1n) is 8.50. The summed E-state index contributed by atoms with van der Waals surface area (Å²) in [6.45, 7) is 7.61. The Kier molecular flexibility index (Phi) is 6.78. The Morgan fingerprint density at radius 2 is 2.09 bits per heavy atom. The summed E-state index contributed by atoms with van der Waals surface area (Å²) in [4.78, 5) is 4.60. The molecule has 0 aliphatic carbocycles. The molecule has 1 aromatic carbocycles. The third-order valence-electron chi connectivity index (χ3n) is 4.20. The molecule has 2 rings (SSSR count). The standard InChI is InChI=1S/C18H29N3OS/c1-4-15-6-8-16(9-7-15)14(3)21-17(19-5-2)20-12-18(22)10-11-23-13-18/h6-9,14,22H,4-5,10-13H2,1-3H3,(H2,19,20,21). The van der Waals surface area contributed by atoms with Crippen LogP contribution in [0.4, 0.5) is 0 Å². The smallest absolute Gasteiger partial charge is 0.191 e. The van der Waals surface area contributed by atoms with Crippen LogP contribution >= 0.6 is 11.8 Å². The number of hydrogen-bond donors (Lipinski definition) is 3. The Bertz CT molecular complexity index is 510. The summed E-state index contributed by atoms with van der Waals surface area (Å²) < 4.78 is 0. The van der Waals surface area contributed by atoms with Crippen molar-refractivity contribution in [2.75, 3.05) is 24.6 Å². The minimum absolute atomic E-state index is 0.173. The van der Waals surface area contributed by atoms with Crippen LogP contribution in [0, 0.1) is 0 Å². The monoisotopic (exact) mass is 335 g/mol. The summed E-state index contributed by atoms with van der Waals surface area (Å²) in [5.41, 5.74) is 1.95. The third-order valence-corrected chi connectivity index (χ3v) is 5.43. The highest BCUT2D eigenvalue weighted by molar-refractivity contribution is 7.99. The van der Waals surface area contributed by atoms with E-state index in [0.717, 1.165) is 36.9 Å². The first-order chi connectivity index (χ1) is 11.1. The molecule has 128 valence electrons. The average Bonchev–Trinajstić information content (AvgIpc) is 3.00. The molecule has 1 aliphatic rings. The molecular weight excluding hydrogens is 306 g/mol. The van der Waals surface area contributed by atoms with Gasteiger partial charge < -0.3 is 15.7 Å². The van der Waals surface area contributed by atoms with Gasteiger partial charge in [0.15, 0.2) is 5.96 Å². The van der Waals surface area contributed by atoms with Gasteiger partial charge in [-0.15, -0.1) is 0 Å². The van der Waals surface area contributed by atoms with Crippen LogP contribution in [0.5, 0.6) is 0 Å². The van der Waals surface area contributed by atoms with Crippen molar-refractivity contribution in [2.24, 2.45) is 4.99 Å². The van der Waals surface area contributed by atoms with Crippen LogP contribution in [0.15, 0.2) is 29.3 Å². The predicted octanol–water partition coefficient (Wildman–Crippen LogP) is 2.73. The van der Waals surface area contributed by atoms with Crippen molar-refractivity contribution < 1.29 is 5.11 Å². The van der Waals surface area contributed by atoms with E-state index in [2.05, 4.69) is 60.7 Å². The largest absolute Gasteiger partial charge is 0.387 e. The van der Waals surface area contributed by atoms with Gasteiger partial charge in [-0.3, -0.25) is 4.99 Å². The molecule has 1 heterocycles. The molecule has 1 aliphatic heterocycles. The van der Waals surface area contributed by atoms with Gasteiger partial charge in [-0.25, -0.2) is 0 Å². The fourth-order valence-corrected chi connectivity index (χ4v) is 3.88. The molecule has 1 aromatic rings. The van der Waals surface area contributed by atoms with Crippen molar-refractivity contribution in [1.29, 1.82) is 0 Å². The Morgan fingerprint density at radius 1 is 1.35 bits per heavy atom. The predicted molar refractivity (Wildman–Crippen MR) is 100 cm³/mol. The summed E-state index contributed by atoms with van der Waals surface area (Å²) >= 11 is 1.80. The number of nitrogens with zero attached hydrogens (tertiary/aromatic N) is 1. The molecule has 3 N–H and O–H groups in total. The Labute approximate surface area is 144 Å². The number of hydrogen-bond acceptors (Lipinski definition) is 3. The summed E-state index contributed by atoms with van der Waals surface area (Å²) in [7, 11) is 0. The molecule has 1 fully saturated rings. The topological polar surface area (TPSA) is 56.7 Å². The van der Waals surface area contributed by atoms with E-state index >= 15 is 0 Å². The van der Waals surface area contributed by atoms with Gasteiger partial charge in [-0.1, -0.05) is 31.2 Å². The van der Waals surface area contributed by atoms with E-state index in [1.165, 1.54) is 11.1 Å². The maximum atomic E-state index is 10.4. The van der Waals surface area contributed by atoms with Gasteiger partial charge in [0.05, 0.1) is 18.2 Å². The van der Waals surface area contributed by atoms with Crippen molar-refractivity contribution in [3.05, 3.63) is 35.4 Å². The summed E-state index contributed by atoms with van der Waals surface area (Å²) in [5, 5.41) is 17.1.